The summed E-state index contributed by atoms with van der Waals surface area (Å²) in [7, 11) is 0. The van der Waals surface area contributed by atoms with Gasteiger partial charge in [0.25, 0.3) is 5.91 Å². The molecule has 0 saturated carbocycles. The minimum Gasteiger partial charge on any atom is -0.491 e. The molecule has 0 spiro atoms. The Balaban J connectivity index is 1.87. The van der Waals surface area contributed by atoms with Crippen molar-refractivity contribution in [2.45, 2.75) is 32.9 Å². The predicted octanol–water partition coefficient (Wildman–Crippen LogP) is 3.22. The lowest BCUT2D eigenvalue weighted by Crippen LogP contribution is -2.38. The van der Waals surface area contributed by atoms with Gasteiger partial charge < -0.3 is 15.4 Å². The van der Waals surface area contributed by atoms with Crippen LogP contribution in [0, 0.1) is 5.82 Å². The predicted molar refractivity (Wildman–Crippen MR) is 97.5 cm³/mol. The number of benzene rings is 2. The van der Waals surface area contributed by atoms with Crippen LogP contribution in [0.4, 0.5) is 4.39 Å². The Labute approximate surface area is 152 Å². The number of amides is 2. The number of halogens is 1. The molecule has 0 radical (unpaired) electrons. The van der Waals surface area contributed by atoms with E-state index in [0.29, 0.717) is 5.56 Å². The molecule has 1 unspecified atom stereocenters. The van der Waals surface area contributed by atoms with E-state index in [1.165, 1.54) is 24.3 Å². The molecule has 2 aromatic rings. The second-order valence-electron chi connectivity index (χ2n) is 6.22. The highest BCUT2D eigenvalue weighted by atomic mass is 19.1. The van der Waals surface area contributed by atoms with Crippen molar-refractivity contribution in [3.05, 3.63) is 65.5 Å². The molecule has 0 aliphatic rings. The van der Waals surface area contributed by atoms with Crippen molar-refractivity contribution < 1.29 is 18.7 Å². The molecule has 0 aliphatic heterocycles. The van der Waals surface area contributed by atoms with E-state index in [-0.39, 0.29) is 24.6 Å². The molecule has 0 bridgehead atoms. The molecule has 2 amide bonds. The molecule has 0 aliphatic carbocycles. The molecule has 0 heterocycles. The smallest absolute Gasteiger partial charge is 0.251 e. The molecule has 2 rings (SSSR count). The number of ether oxygens (including phenoxy) is 1. The molecular weight excluding hydrogens is 335 g/mol. The number of hydrogen-bond donors (Lipinski definition) is 2. The van der Waals surface area contributed by atoms with Crippen LogP contribution in [0.3, 0.4) is 0 Å². The maximum absolute atomic E-state index is 12.9. The molecule has 26 heavy (non-hydrogen) atoms. The number of nitrogens with one attached hydrogen (secondary N) is 2. The van der Waals surface area contributed by atoms with Gasteiger partial charge in [-0.25, -0.2) is 4.39 Å². The summed E-state index contributed by atoms with van der Waals surface area (Å²) >= 11 is 0. The summed E-state index contributed by atoms with van der Waals surface area (Å²) in [5.41, 5.74) is 1.20. The van der Waals surface area contributed by atoms with Gasteiger partial charge in [0.05, 0.1) is 18.7 Å². The van der Waals surface area contributed by atoms with Crippen LogP contribution in [-0.4, -0.2) is 24.5 Å². The zero-order chi connectivity index (χ0) is 19.1. The van der Waals surface area contributed by atoms with Crippen molar-refractivity contribution >= 4 is 11.8 Å². The van der Waals surface area contributed by atoms with Gasteiger partial charge in [-0.15, -0.1) is 0 Å². The maximum Gasteiger partial charge on any atom is 0.251 e. The van der Waals surface area contributed by atoms with Gasteiger partial charge in [0.1, 0.15) is 11.6 Å². The average Bonchev–Trinajstić information content (AvgIpc) is 2.60. The summed E-state index contributed by atoms with van der Waals surface area (Å²) in [6.45, 7) is 5.58. The van der Waals surface area contributed by atoms with Crippen LogP contribution in [0.5, 0.6) is 5.75 Å². The summed E-state index contributed by atoms with van der Waals surface area (Å²) in [6.07, 6.45) is 0.0665. The molecule has 0 saturated heterocycles. The topological polar surface area (TPSA) is 67.4 Å². The lowest BCUT2D eigenvalue weighted by atomic mass is 10.1. The van der Waals surface area contributed by atoms with Gasteiger partial charge in [-0.3, -0.25) is 9.59 Å². The first-order valence-electron chi connectivity index (χ1n) is 8.45. The molecule has 1 atom stereocenters. The minimum absolute atomic E-state index is 0.0665. The van der Waals surface area contributed by atoms with E-state index < -0.39 is 11.7 Å². The quantitative estimate of drug-likeness (QED) is 0.799. The first-order chi connectivity index (χ1) is 12.3. The van der Waals surface area contributed by atoms with Crippen molar-refractivity contribution in [2.24, 2.45) is 0 Å². The fourth-order valence-corrected chi connectivity index (χ4v) is 2.37. The molecule has 138 valence electrons. The minimum atomic E-state index is -0.430. The number of hydrogen-bond acceptors (Lipinski definition) is 3. The molecule has 5 nitrogen and oxygen atoms in total. The van der Waals surface area contributed by atoms with E-state index in [9.17, 15) is 14.0 Å². The number of carbonyl (C=O) groups excluding carboxylic acids is 2. The molecule has 0 fully saturated rings. The van der Waals surface area contributed by atoms with E-state index in [1.54, 1.807) is 0 Å². The molecular formula is C20H23FN2O3. The fourth-order valence-electron chi connectivity index (χ4n) is 2.37. The van der Waals surface area contributed by atoms with Gasteiger partial charge in [-0.1, -0.05) is 12.1 Å². The maximum atomic E-state index is 12.9. The second-order valence-corrected chi connectivity index (χ2v) is 6.22. The Morgan fingerprint density at radius 1 is 1.08 bits per heavy atom. The standard InChI is InChI=1S/C20H23FN2O3/c1-13(2)26-18-6-4-5-16(11-18)14(3)23-19(24)12-22-20(25)15-7-9-17(21)10-8-15/h4-11,13-14H,12H2,1-3H3,(H,22,25)(H,23,24). The van der Waals surface area contributed by atoms with Gasteiger partial charge in [0.2, 0.25) is 5.91 Å². The Morgan fingerprint density at radius 2 is 1.77 bits per heavy atom. The number of carbonyl (C=O) groups is 2. The van der Waals surface area contributed by atoms with Crippen molar-refractivity contribution in [1.29, 1.82) is 0 Å². The van der Waals surface area contributed by atoms with Crippen molar-refractivity contribution in [1.82, 2.24) is 10.6 Å². The van der Waals surface area contributed by atoms with Crippen LogP contribution in [0.1, 0.15) is 42.7 Å². The van der Waals surface area contributed by atoms with Crippen LogP contribution in [0.2, 0.25) is 0 Å². The summed E-state index contributed by atoms with van der Waals surface area (Å²) in [6, 6.07) is 12.4. The van der Waals surface area contributed by atoms with Crippen LogP contribution < -0.4 is 15.4 Å². The highest BCUT2D eigenvalue weighted by Gasteiger charge is 2.12. The fraction of sp³-hybridized carbons (Fsp3) is 0.300. The van der Waals surface area contributed by atoms with E-state index in [0.717, 1.165) is 11.3 Å². The van der Waals surface area contributed by atoms with Gasteiger partial charge in [0, 0.05) is 5.56 Å². The molecule has 0 aromatic heterocycles. The van der Waals surface area contributed by atoms with E-state index in [2.05, 4.69) is 10.6 Å². The Hall–Kier alpha value is -2.89. The van der Waals surface area contributed by atoms with Crippen molar-refractivity contribution in [3.63, 3.8) is 0 Å². The van der Waals surface area contributed by atoms with Gasteiger partial charge in [-0.05, 0) is 62.7 Å². The van der Waals surface area contributed by atoms with Crippen molar-refractivity contribution in [3.8, 4) is 5.75 Å². The second kappa shape index (κ2) is 8.99. The van der Waals surface area contributed by atoms with Crippen molar-refractivity contribution in [2.75, 3.05) is 6.54 Å². The highest BCUT2D eigenvalue weighted by molar-refractivity contribution is 5.96. The number of rotatable bonds is 7. The lowest BCUT2D eigenvalue weighted by Gasteiger charge is -2.17. The van der Waals surface area contributed by atoms with Crippen LogP contribution in [0.15, 0.2) is 48.5 Å². The third kappa shape index (κ3) is 5.88. The highest BCUT2D eigenvalue weighted by Crippen LogP contribution is 2.20. The van der Waals surface area contributed by atoms with Gasteiger partial charge in [-0.2, -0.15) is 0 Å². The first kappa shape index (κ1) is 19.4. The normalized spacial score (nSPS) is 11.7. The summed E-state index contributed by atoms with van der Waals surface area (Å²) in [5, 5.41) is 5.34. The molecule has 2 aromatic carbocycles. The monoisotopic (exact) mass is 358 g/mol. The lowest BCUT2D eigenvalue weighted by molar-refractivity contribution is -0.120. The first-order valence-corrected chi connectivity index (χ1v) is 8.45. The average molecular weight is 358 g/mol. The van der Waals surface area contributed by atoms with E-state index in [1.807, 2.05) is 45.0 Å². The largest absolute Gasteiger partial charge is 0.491 e. The van der Waals surface area contributed by atoms with Crippen LogP contribution >= 0.6 is 0 Å². The Morgan fingerprint density at radius 3 is 2.42 bits per heavy atom. The molecule has 2 N–H and O–H groups in total. The zero-order valence-electron chi connectivity index (χ0n) is 15.1. The van der Waals surface area contributed by atoms with E-state index in [4.69, 9.17) is 4.74 Å². The SMILES string of the molecule is CC(C)Oc1cccc(C(C)NC(=O)CNC(=O)c2ccc(F)cc2)c1. The van der Waals surface area contributed by atoms with E-state index >= 15 is 0 Å². The van der Waals surface area contributed by atoms with Crippen LogP contribution in [0.25, 0.3) is 0 Å². The van der Waals surface area contributed by atoms with Gasteiger partial charge >= 0.3 is 0 Å². The summed E-state index contributed by atoms with van der Waals surface area (Å²) in [5.74, 6) is -0.428. The summed E-state index contributed by atoms with van der Waals surface area (Å²) in [4.78, 5) is 24.0. The zero-order valence-corrected chi connectivity index (χ0v) is 15.1. The molecule has 6 heteroatoms. The Kier molecular flexibility index (Phi) is 6.72. The third-order valence-corrected chi connectivity index (χ3v) is 3.62. The Bertz CT molecular complexity index is 760. The van der Waals surface area contributed by atoms with Gasteiger partial charge in [0.15, 0.2) is 0 Å². The third-order valence-electron chi connectivity index (χ3n) is 3.62. The summed E-state index contributed by atoms with van der Waals surface area (Å²) < 4.78 is 18.5. The van der Waals surface area contributed by atoms with Crippen LogP contribution in [-0.2, 0) is 4.79 Å².